The summed E-state index contributed by atoms with van der Waals surface area (Å²) < 4.78 is 2.53. The summed E-state index contributed by atoms with van der Waals surface area (Å²) in [5.41, 5.74) is 11.0. The number of aromatic nitrogens is 1. The van der Waals surface area contributed by atoms with Crippen LogP contribution in [0.2, 0.25) is 0 Å². The minimum Gasteiger partial charge on any atom is -0.293 e. The zero-order chi connectivity index (χ0) is 25.8. The minimum absolute atomic E-state index is 0.0780. The highest BCUT2D eigenvalue weighted by Crippen LogP contribution is 2.54. The van der Waals surface area contributed by atoms with Gasteiger partial charge >= 0.3 is 0 Å². The standard InChI is InChI=1S/C37H27N2/c1-5-13-27(14-6-1)31-23-25-38-35-33(31)21-22-34-32(28-15-7-2-8-16-28)24-26-39(36(34)35)37(38,29-17-9-3-10-18-29)30-19-11-4-12-20-30/h1-26,35H/q+1. The topological polar surface area (TPSA) is 7.12 Å². The normalized spacial score (nSPS) is 17.8. The van der Waals surface area contributed by atoms with Crippen LogP contribution in [-0.4, -0.2) is 4.90 Å². The molecule has 4 aromatic carbocycles. The molecule has 2 aliphatic heterocycles. The summed E-state index contributed by atoms with van der Waals surface area (Å²) in [6, 6.07) is 45.9. The van der Waals surface area contributed by atoms with Gasteiger partial charge in [-0.25, -0.2) is 0 Å². The highest BCUT2D eigenvalue weighted by atomic mass is 15.4. The van der Waals surface area contributed by atoms with Gasteiger partial charge < -0.3 is 0 Å². The van der Waals surface area contributed by atoms with Crippen LogP contribution < -0.4 is 4.57 Å². The van der Waals surface area contributed by atoms with E-state index in [1.165, 1.54) is 50.2 Å². The van der Waals surface area contributed by atoms with Gasteiger partial charge in [0.2, 0.25) is 5.69 Å². The Kier molecular flexibility index (Phi) is 4.83. The van der Waals surface area contributed by atoms with Crippen LogP contribution in [0, 0.1) is 0 Å². The second-order valence-corrected chi connectivity index (χ2v) is 10.4. The first-order valence-electron chi connectivity index (χ1n) is 13.6. The third-order valence-electron chi connectivity index (χ3n) is 8.43. The molecule has 0 bridgehead atoms. The molecule has 0 spiro atoms. The molecule has 3 heterocycles. The number of rotatable bonds is 4. The predicted molar refractivity (Wildman–Crippen MR) is 157 cm³/mol. The summed E-state index contributed by atoms with van der Waals surface area (Å²) >= 11 is 0. The molecule has 3 aliphatic rings. The van der Waals surface area contributed by atoms with E-state index in [0.29, 0.717) is 0 Å². The second kappa shape index (κ2) is 8.54. The molecule has 0 fully saturated rings. The van der Waals surface area contributed by atoms with Crippen LogP contribution in [0.25, 0.3) is 22.8 Å². The Morgan fingerprint density at radius 3 is 1.74 bits per heavy atom. The van der Waals surface area contributed by atoms with Crippen LogP contribution in [0.5, 0.6) is 0 Å². The average Bonchev–Trinajstić information content (AvgIpc) is 3.33. The van der Waals surface area contributed by atoms with Crippen molar-refractivity contribution >= 4 is 11.6 Å². The van der Waals surface area contributed by atoms with E-state index in [2.05, 4.69) is 167 Å². The molecule has 0 saturated heterocycles. The number of hydrogen-bond donors (Lipinski definition) is 0. The molecule has 1 aromatic heterocycles. The van der Waals surface area contributed by atoms with Gasteiger partial charge in [-0.1, -0.05) is 103 Å². The molecule has 0 radical (unpaired) electrons. The molecular formula is C37H27N2+. The Morgan fingerprint density at radius 2 is 1.13 bits per heavy atom. The lowest BCUT2D eigenvalue weighted by Gasteiger charge is -2.38. The molecule has 0 saturated carbocycles. The van der Waals surface area contributed by atoms with Crippen molar-refractivity contribution in [3.8, 4) is 11.1 Å². The van der Waals surface area contributed by atoms with Crippen LogP contribution in [0.15, 0.2) is 158 Å². The van der Waals surface area contributed by atoms with E-state index in [4.69, 9.17) is 0 Å². The van der Waals surface area contributed by atoms with Crippen molar-refractivity contribution in [2.75, 3.05) is 0 Å². The highest BCUT2D eigenvalue weighted by Gasteiger charge is 2.62. The fraction of sp³-hybridized carbons (Fsp3) is 0.0541. The summed E-state index contributed by atoms with van der Waals surface area (Å²) in [7, 11) is 0. The largest absolute Gasteiger partial charge is 0.297 e. The van der Waals surface area contributed by atoms with Gasteiger partial charge in [-0.2, -0.15) is 4.57 Å². The van der Waals surface area contributed by atoms with Crippen molar-refractivity contribution < 1.29 is 4.57 Å². The molecule has 39 heavy (non-hydrogen) atoms. The Labute approximate surface area is 229 Å². The van der Waals surface area contributed by atoms with Crippen molar-refractivity contribution in [2.24, 2.45) is 0 Å². The number of nitrogens with zero attached hydrogens (tertiary/aromatic N) is 2. The lowest BCUT2D eigenvalue weighted by Crippen LogP contribution is -2.61. The maximum atomic E-state index is 2.58. The monoisotopic (exact) mass is 499 g/mol. The Hall–Kier alpha value is -4.95. The molecule has 1 aliphatic carbocycles. The zero-order valence-electron chi connectivity index (χ0n) is 21.5. The van der Waals surface area contributed by atoms with Crippen molar-refractivity contribution in [1.82, 2.24) is 4.90 Å². The molecule has 1 unspecified atom stereocenters. The van der Waals surface area contributed by atoms with Crippen LogP contribution in [0.1, 0.15) is 34.0 Å². The van der Waals surface area contributed by atoms with E-state index in [1.54, 1.807) is 0 Å². The molecule has 0 N–H and O–H groups in total. The van der Waals surface area contributed by atoms with Gasteiger partial charge in [0.1, 0.15) is 6.04 Å². The van der Waals surface area contributed by atoms with Crippen molar-refractivity contribution in [2.45, 2.75) is 11.7 Å². The van der Waals surface area contributed by atoms with Gasteiger partial charge in [-0.05, 0) is 58.7 Å². The SMILES string of the molecule is C1=CN2C3C(=C1c1ccccc1)C=Cc1c(-c4ccccc4)cc[n+](c13)C2(c1ccccc1)c1ccccc1. The minimum atomic E-state index is -0.525. The van der Waals surface area contributed by atoms with Crippen molar-refractivity contribution in [3.05, 3.63) is 185 Å². The van der Waals surface area contributed by atoms with Crippen LogP contribution in [0.4, 0.5) is 0 Å². The summed E-state index contributed by atoms with van der Waals surface area (Å²) in [5.74, 6) is 0. The Balaban J connectivity index is 1.49. The molecule has 8 rings (SSSR count). The Bertz CT molecular complexity index is 1740. The third-order valence-corrected chi connectivity index (χ3v) is 8.43. The van der Waals surface area contributed by atoms with Gasteiger partial charge in [0.15, 0.2) is 6.20 Å². The summed E-state index contributed by atoms with van der Waals surface area (Å²) in [5, 5.41) is 0. The molecule has 2 nitrogen and oxygen atoms in total. The van der Waals surface area contributed by atoms with E-state index in [0.717, 1.165) is 0 Å². The molecule has 5 aromatic rings. The molecular weight excluding hydrogens is 472 g/mol. The second-order valence-electron chi connectivity index (χ2n) is 10.4. The summed E-state index contributed by atoms with van der Waals surface area (Å²) in [4.78, 5) is 2.58. The average molecular weight is 500 g/mol. The zero-order valence-corrected chi connectivity index (χ0v) is 21.5. The van der Waals surface area contributed by atoms with E-state index in [9.17, 15) is 0 Å². The lowest BCUT2D eigenvalue weighted by atomic mass is 9.82. The number of pyridine rings is 1. The lowest BCUT2D eigenvalue weighted by molar-refractivity contribution is -0.751. The predicted octanol–water partition coefficient (Wildman–Crippen LogP) is 7.76. The molecule has 184 valence electrons. The van der Waals surface area contributed by atoms with E-state index < -0.39 is 5.66 Å². The van der Waals surface area contributed by atoms with Crippen LogP contribution in [-0.2, 0) is 5.66 Å². The molecule has 1 atom stereocenters. The number of allylic oxidation sites excluding steroid dienone is 2. The third kappa shape index (κ3) is 3.06. The number of benzene rings is 4. The van der Waals surface area contributed by atoms with Crippen molar-refractivity contribution in [3.63, 3.8) is 0 Å². The first-order valence-corrected chi connectivity index (χ1v) is 13.6. The van der Waals surface area contributed by atoms with Crippen LogP contribution >= 0.6 is 0 Å². The van der Waals surface area contributed by atoms with Gasteiger partial charge in [-0.15, -0.1) is 0 Å². The maximum absolute atomic E-state index is 2.58. The first-order chi connectivity index (χ1) is 19.4. The fourth-order valence-electron chi connectivity index (χ4n) is 6.84. The summed E-state index contributed by atoms with van der Waals surface area (Å²) in [6.07, 6.45) is 11.6. The smallest absolute Gasteiger partial charge is 0.293 e. The van der Waals surface area contributed by atoms with Gasteiger partial charge in [0.25, 0.3) is 5.66 Å². The van der Waals surface area contributed by atoms with Gasteiger partial charge in [0.05, 0.1) is 16.7 Å². The fourth-order valence-corrected chi connectivity index (χ4v) is 6.84. The molecule has 0 amide bonds. The van der Waals surface area contributed by atoms with E-state index in [1.807, 2.05) is 0 Å². The Morgan fingerprint density at radius 1 is 0.564 bits per heavy atom. The maximum Gasteiger partial charge on any atom is 0.297 e. The van der Waals surface area contributed by atoms with Gasteiger partial charge in [-0.3, -0.25) is 4.90 Å². The van der Waals surface area contributed by atoms with Crippen molar-refractivity contribution in [1.29, 1.82) is 0 Å². The van der Waals surface area contributed by atoms with Gasteiger partial charge in [0, 0.05) is 17.8 Å². The number of hydrogen-bond acceptors (Lipinski definition) is 1. The molecule has 2 heteroatoms. The first kappa shape index (κ1) is 22.1. The highest BCUT2D eigenvalue weighted by molar-refractivity contribution is 5.86. The van der Waals surface area contributed by atoms with E-state index >= 15 is 0 Å². The van der Waals surface area contributed by atoms with E-state index in [-0.39, 0.29) is 6.04 Å². The van der Waals surface area contributed by atoms with Crippen LogP contribution in [0.3, 0.4) is 0 Å². The summed E-state index contributed by atoms with van der Waals surface area (Å²) in [6.45, 7) is 0. The quantitative estimate of drug-likeness (QED) is 0.229.